The van der Waals surface area contributed by atoms with E-state index in [0.717, 1.165) is 5.56 Å². The van der Waals surface area contributed by atoms with E-state index in [-0.39, 0.29) is 49.2 Å². The molecule has 4 amide bonds. The summed E-state index contributed by atoms with van der Waals surface area (Å²) in [6.45, 7) is 2.20. The van der Waals surface area contributed by atoms with Crippen LogP contribution in [0.4, 0.5) is 9.18 Å². The van der Waals surface area contributed by atoms with Gasteiger partial charge in [-0.3, -0.25) is 14.5 Å². The SMILES string of the molecule is CC(c1ccc(F)cc1)N(C)C(=O)CCCN1C(=O)CN(C)C1=O. The van der Waals surface area contributed by atoms with Crippen LogP contribution in [0, 0.1) is 5.82 Å². The molecule has 2 rings (SSSR count). The summed E-state index contributed by atoms with van der Waals surface area (Å²) < 4.78 is 13.0. The van der Waals surface area contributed by atoms with Gasteiger partial charge in [-0.25, -0.2) is 9.18 Å². The summed E-state index contributed by atoms with van der Waals surface area (Å²) in [4.78, 5) is 39.8. The van der Waals surface area contributed by atoms with Crippen molar-refractivity contribution >= 4 is 17.8 Å². The molecular weight excluding hydrogens is 313 g/mol. The molecule has 1 aromatic rings. The van der Waals surface area contributed by atoms with Gasteiger partial charge >= 0.3 is 6.03 Å². The first-order valence-corrected chi connectivity index (χ1v) is 7.88. The highest BCUT2D eigenvalue weighted by Gasteiger charge is 2.33. The van der Waals surface area contributed by atoms with Crippen molar-refractivity contribution in [2.24, 2.45) is 0 Å². The number of benzene rings is 1. The van der Waals surface area contributed by atoms with Crippen LogP contribution in [0.1, 0.15) is 31.4 Å². The number of imide groups is 1. The molecule has 1 fully saturated rings. The summed E-state index contributed by atoms with van der Waals surface area (Å²) in [6.07, 6.45) is 0.660. The molecule has 1 saturated heterocycles. The molecule has 1 heterocycles. The first-order valence-electron chi connectivity index (χ1n) is 7.88. The highest BCUT2D eigenvalue weighted by atomic mass is 19.1. The lowest BCUT2D eigenvalue weighted by molar-refractivity contribution is -0.132. The molecule has 6 nitrogen and oxygen atoms in total. The van der Waals surface area contributed by atoms with Gasteiger partial charge in [-0.2, -0.15) is 0 Å². The van der Waals surface area contributed by atoms with Crippen LogP contribution in [0.5, 0.6) is 0 Å². The molecule has 1 atom stereocenters. The van der Waals surface area contributed by atoms with Crippen molar-refractivity contribution in [3.8, 4) is 0 Å². The Balaban J connectivity index is 1.84. The number of likely N-dealkylation sites (N-methyl/N-ethyl adjacent to an activating group) is 1. The molecule has 0 radical (unpaired) electrons. The average Bonchev–Trinajstić information content (AvgIpc) is 2.80. The van der Waals surface area contributed by atoms with Crippen LogP contribution in [-0.2, 0) is 9.59 Å². The molecule has 130 valence electrons. The van der Waals surface area contributed by atoms with E-state index in [9.17, 15) is 18.8 Å². The third-order valence-corrected chi connectivity index (χ3v) is 4.33. The summed E-state index contributed by atoms with van der Waals surface area (Å²) in [5.74, 6) is -0.632. The summed E-state index contributed by atoms with van der Waals surface area (Å²) in [5, 5.41) is 0. The number of halogens is 1. The van der Waals surface area contributed by atoms with Gasteiger partial charge in [-0.05, 0) is 31.0 Å². The highest BCUT2D eigenvalue weighted by Crippen LogP contribution is 2.20. The lowest BCUT2D eigenvalue weighted by atomic mass is 10.1. The predicted molar refractivity (Wildman–Crippen MR) is 86.6 cm³/mol. The van der Waals surface area contributed by atoms with E-state index in [1.165, 1.54) is 21.9 Å². The largest absolute Gasteiger partial charge is 0.339 e. The number of rotatable bonds is 6. The number of carbonyl (C=O) groups excluding carboxylic acids is 3. The maximum atomic E-state index is 13.0. The fourth-order valence-electron chi connectivity index (χ4n) is 2.63. The molecule has 0 bridgehead atoms. The van der Waals surface area contributed by atoms with E-state index in [2.05, 4.69) is 0 Å². The van der Waals surface area contributed by atoms with E-state index >= 15 is 0 Å². The number of nitrogens with zero attached hydrogens (tertiary/aromatic N) is 3. The van der Waals surface area contributed by atoms with Crippen LogP contribution >= 0.6 is 0 Å². The summed E-state index contributed by atoms with van der Waals surface area (Å²) in [5.41, 5.74) is 0.846. The molecule has 0 aromatic heterocycles. The van der Waals surface area contributed by atoms with Gasteiger partial charge < -0.3 is 9.80 Å². The van der Waals surface area contributed by atoms with Gasteiger partial charge in [-0.15, -0.1) is 0 Å². The molecular formula is C17H22FN3O3. The van der Waals surface area contributed by atoms with Crippen LogP contribution in [-0.4, -0.2) is 59.7 Å². The zero-order valence-electron chi connectivity index (χ0n) is 14.2. The molecule has 1 aliphatic rings. The molecule has 1 unspecified atom stereocenters. The Labute approximate surface area is 140 Å². The van der Waals surface area contributed by atoms with Crippen LogP contribution in [0.2, 0.25) is 0 Å². The van der Waals surface area contributed by atoms with E-state index < -0.39 is 0 Å². The number of hydrogen-bond acceptors (Lipinski definition) is 3. The predicted octanol–water partition coefficient (Wildman–Crippen LogP) is 2.02. The third-order valence-electron chi connectivity index (χ3n) is 4.33. The Bertz CT molecular complexity index is 632. The fourth-order valence-corrected chi connectivity index (χ4v) is 2.63. The Morgan fingerprint density at radius 1 is 1.29 bits per heavy atom. The fraction of sp³-hybridized carbons (Fsp3) is 0.471. The molecule has 1 aliphatic heterocycles. The maximum Gasteiger partial charge on any atom is 0.326 e. The van der Waals surface area contributed by atoms with Crippen molar-refractivity contribution in [2.45, 2.75) is 25.8 Å². The van der Waals surface area contributed by atoms with E-state index in [4.69, 9.17) is 0 Å². The van der Waals surface area contributed by atoms with Crippen molar-refractivity contribution in [2.75, 3.05) is 27.2 Å². The Morgan fingerprint density at radius 2 is 1.92 bits per heavy atom. The van der Waals surface area contributed by atoms with Crippen LogP contribution in [0.15, 0.2) is 24.3 Å². The normalized spacial score (nSPS) is 15.8. The van der Waals surface area contributed by atoms with Crippen molar-refractivity contribution in [3.63, 3.8) is 0 Å². The second-order valence-corrected chi connectivity index (χ2v) is 6.02. The molecule has 0 N–H and O–H groups in total. The Kier molecular flexibility index (Phi) is 5.54. The van der Waals surface area contributed by atoms with Crippen molar-refractivity contribution in [3.05, 3.63) is 35.6 Å². The molecule has 7 heteroatoms. The summed E-state index contributed by atoms with van der Waals surface area (Å²) >= 11 is 0. The number of urea groups is 1. The molecule has 0 spiro atoms. The monoisotopic (exact) mass is 335 g/mol. The van der Waals surface area contributed by atoms with Crippen molar-refractivity contribution in [1.29, 1.82) is 0 Å². The maximum absolute atomic E-state index is 13.0. The molecule has 0 aliphatic carbocycles. The first kappa shape index (κ1) is 17.9. The van der Waals surface area contributed by atoms with Gasteiger partial charge in [0.15, 0.2) is 0 Å². The van der Waals surface area contributed by atoms with E-state index in [1.54, 1.807) is 31.1 Å². The molecule has 1 aromatic carbocycles. The highest BCUT2D eigenvalue weighted by molar-refractivity contribution is 6.01. The minimum Gasteiger partial charge on any atom is -0.339 e. The first-order chi connectivity index (χ1) is 11.3. The number of carbonyl (C=O) groups is 3. The van der Waals surface area contributed by atoms with Gasteiger partial charge in [0, 0.05) is 27.1 Å². The minimum absolute atomic E-state index is 0.0840. The van der Waals surface area contributed by atoms with Gasteiger partial charge in [0.1, 0.15) is 12.4 Å². The lowest BCUT2D eigenvalue weighted by Gasteiger charge is -2.25. The number of hydrogen-bond donors (Lipinski definition) is 0. The topological polar surface area (TPSA) is 60.9 Å². The number of amides is 4. The average molecular weight is 335 g/mol. The van der Waals surface area contributed by atoms with E-state index in [0.29, 0.717) is 6.42 Å². The van der Waals surface area contributed by atoms with Gasteiger partial charge in [-0.1, -0.05) is 12.1 Å². The molecule has 24 heavy (non-hydrogen) atoms. The summed E-state index contributed by atoms with van der Waals surface area (Å²) in [7, 11) is 3.26. The Morgan fingerprint density at radius 3 is 2.46 bits per heavy atom. The van der Waals surface area contributed by atoms with Crippen LogP contribution in [0.25, 0.3) is 0 Å². The van der Waals surface area contributed by atoms with Gasteiger partial charge in [0.2, 0.25) is 11.8 Å². The minimum atomic E-state index is -0.319. The smallest absolute Gasteiger partial charge is 0.326 e. The quantitative estimate of drug-likeness (QED) is 0.747. The van der Waals surface area contributed by atoms with E-state index in [1.807, 2.05) is 6.92 Å². The summed E-state index contributed by atoms with van der Waals surface area (Å²) in [6, 6.07) is 5.54. The lowest BCUT2D eigenvalue weighted by Crippen LogP contribution is -2.34. The Hall–Kier alpha value is -2.44. The van der Waals surface area contributed by atoms with Crippen LogP contribution in [0.3, 0.4) is 0 Å². The van der Waals surface area contributed by atoms with Crippen molar-refractivity contribution < 1.29 is 18.8 Å². The second-order valence-electron chi connectivity index (χ2n) is 6.02. The van der Waals surface area contributed by atoms with Crippen molar-refractivity contribution in [1.82, 2.24) is 14.7 Å². The van der Waals surface area contributed by atoms with Crippen LogP contribution < -0.4 is 0 Å². The molecule has 0 saturated carbocycles. The zero-order valence-corrected chi connectivity index (χ0v) is 14.2. The second kappa shape index (κ2) is 7.42. The van der Waals surface area contributed by atoms with Gasteiger partial charge in [0.25, 0.3) is 0 Å². The standard InChI is InChI=1S/C17H22FN3O3/c1-12(13-6-8-14(18)9-7-13)20(3)15(22)5-4-10-21-16(23)11-19(2)17(21)24/h6-9,12H,4-5,10-11H2,1-3H3. The zero-order chi connectivity index (χ0) is 17.9. The third kappa shape index (κ3) is 3.90. The van der Waals surface area contributed by atoms with Gasteiger partial charge in [0.05, 0.1) is 6.04 Å².